The standard InChI is InChI=1S/C17H17NO/c1-2-14-7-9-15(10-8-14)11-12-18-13-16-5-3-4-6-17(16)19/h1,3-10,18-19H,11-13H2. The molecule has 0 unspecified atom stereocenters. The summed E-state index contributed by atoms with van der Waals surface area (Å²) in [6.07, 6.45) is 6.26. The van der Waals surface area contributed by atoms with E-state index in [1.54, 1.807) is 6.07 Å². The molecule has 0 bridgehead atoms. The Bertz CT molecular complexity index is 567. The first-order valence-electron chi connectivity index (χ1n) is 6.33. The van der Waals surface area contributed by atoms with Crippen molar-refractivity contribution in [3.8, 4) is 18.1 Å². The Morgan fingerprint density at radius 3 is 2.47 bits per heavy atom. The number of nitrogens with one attached hydrogen (secondary N) is 1. The Labute approximate surface area is 114 Å². The van der Waals surface area contributed by atoms with Crippen molar-refractivity contribution in [1.29, 1.82) is 0 Å². The molecule has 2 N–H and O–H groups in total. The second-order valence-electron chi connectivity index (χ2n) is 4.40. The van der Waals surface area contributed by atoms with Gasteiger partial charge in [0.2, 0.25) is 0 Å². The topological polar surface area (TPSA) is 32.3 Å². The first kappa shape index (κ1) is 13.2. The summed E-state index contributed by atoms with van der Waals surface area (Å²) in [5, 5.41) is 12.9. The zero-order valence-electron chi connectivity index (χ0n) is 10.8. The summed E-state index contributed by atoms with van der Waals surface area (Å²) >= 11 is 0. The van der Waals surface area contributed by atoms with Gasteiger partial charge in [0.25, 0.3) is 0 Å². The second-order valence-corrected chi connectivity index (χ2v) is 4.40. The molecule has 0 spiro atoms. The van der Waals surface area contributed by atoms with E-state index in [0.29, 0.717) is 12.3 Å². The first-order chi connectivity index (χ1) is 9.29. The van der Waals surface area contributed by atoms with Crippen molar-refractivity contribution in [3.05, 3.63) is 65.2 Å². The van der Waals surface area contributed by atoms with Crippen LogP contribution in [0, 0.1) is 12.3 Å². The van der Waals surface area contributed by atoms with Crippen LogP contribution in [-0.4, -0.2) is 11.7 Å². The lowest BCUT2D eigenvalue weighted by molar-refractivity contribution is 0.464. The van der Waals surface area contributed by atoms with E-state index in [1.165, 1.54) is 5.56 Å². The molecule has 0 aliphatic carbocycles. The molecule has 0 saturated heterocycles. The maximum atomic E-state index is 9.63. The number of aromatic hydroxyl groups is 1. The van der Waals surface area contributed by atoms with E-state index in [9.17, 15) is 5.11 Å². The van der Waals surface area contributed by atoms with Gasteiger partial charge in [-0.05, 0) is 36.7 Å². The van der Waals surface area contributed by atoms with Gasteiger partial charge in [-0.3, -0.25) is 0 Å². The van der Waals surface area contributed by atoms with Crippen LogP contribution in [-0.2, 0) is 13.0 Å². The van der Waals surface area contributed by atoms with Crippen LogP contribution in [0.4, 0.5) is 0 Å². The van der Waals surface area contributed by atoms with Crippen molar-refractivity contribution in [3.63, 3.8) is 0 Å². The summed E-state index contributed by atoms with van der Waals surface area (Å²) in [5.41, 5.74) is 3.08. The second kappa shape index (κ2) is 6.63. The number of terminal acetylenes is 1. The Hall–Kier alpha value is -2.24. The molecule has 0 aromatic heterocycles. The van der Waals surface area contributed by atoms with Gasteiger partial charge < -0.3 is 10.4 Å². The number of phenolic OH excluding ortho intramolecular Hbond substituents is 1. The van der Waals surface area contributed by atoms with E-state index in [4.69, 9.17) is 6.42 Å². The molecule has 0 aliphatic heterocycles. The number of rotatable bonds is 5. The molecule has 96 valence electrons. The zero-order chi connectivity index (χ0) is 13.5. The molecule has 2 aromatic rings. The Kier molecular flexibility index (Phi) is 4.60. The van der Waals surface area contributed by atoms with E-state index < -0.39 is 0 Å². The lowest BCUT2D eigenvalue weighted by atomic mass is 10.1. The lowest BCUT2D eigenvalue weighted by Crippen LogP contribution is -2.16. The van der Waals surface area contributed by atoms with E-state index >= 15 is 0 Å². The van der Waals surface area contributed by atoms with Gasteiger partial charge in [0.1, 0.15) is 5.75 Å². The summed E-state index contributed by atoms with van der Waals surface area (Å²) in [6.45, 7) is 1.54. The van der Waals surface area contributed by atoms with Gasteiger partial charge in [-0.15, -0.1) is 6.42 Å². The maximum Gasteiger partial charge on any atom is 0.120 e. The Morgan fingerprint density at radius 2 is 1.79 bits per heavy atom. The summed E-state index contributed by atoms with van der Waals surface area (Å²) in [7, 11) is 0. The minimum absolute atomic E-state index is 0.341. The Morgan fingerprint density at radius 1 is 1.05 bits per heavy atom. The van der Waals surface area contributed by atoms with Crippen molar-refractivity contribution in [2.24, 2.45) is 0 Å². The van der Waals surface area contributed by atoms with Gasteiger partial charge >= 0.3 is 0 Å². The quantitative estimate of drug-likeness (QED) is 0.632. The van der Waals surface area contributed by atoms with Crippen molar-refractivity contribution in [2.45, 2.75) is 13.0 Å². The number of hydrogen-bond acceptors (Lipinski definition) is 2. The molecule has 2 heteroatoms. The number of phenols is 1. The molecule has 0 heterocycles. The SMILES string of the molecule is C#Cc1ccc(CCNCc2ccccc2O)cc1. The molecule has 0 atom stereocenters. The van der Waals surface area contributed by atoms with Crippen LogP contribution in [0.5, 0.6) is 5.75 Å². The maximum absolute atomic E-state index is 9.63. The third-order valence-electron chi connectivity index (χ3n) is 3.02. The van der Waals surface area contributed by atoms with Crippen LogP contribution in [0.15, 0.2) is 48.5 Å². The number of benzene rings is 2. The van der Waals surface area contributed by atoms with E-state index in [0.717, 1.165) is 24.1 Å². The monoisotopic (exact) mass is 251 g/mol. The highest BCUT2D eigenvalue weighted by atomic mass is 16.3. The molecular formula is C17H17NO. The molecular weight excluding hydrogens is 234 g/mol. The van der Waals surface area contributed by atoms with E-state index in [1.807, 2.05) is 30.3 Å². The smallest absolute Gasteiger partial charge is 0.120 e. The molecule has 2 rings (SSSR count). The molecule has 2 nitrogen and oxygen atoms in total. The minimum atomic E-state index is 0.341. The minimum Gasteiger partial charge on any atom is -0.508 e. The number of para-hydroxylation sites is 1. The fourth-order valence-corrected chi connectivity index (χ4v) is 1.88. The molecule has 0 radical (unpaired) electrons. The van der Waals surface area contributed by atoms with Crippen LogP contribution >= 0.6 is 0 Å². The highest BCUT2D eigenvalue weighted by molar-refractivity contribution is 5.34. The fraction of sp³-hybridized carbons (Fsp3) is 0.176. The summed E-state index contributed by atoms with van der Waals surface area (Å²) in [5.74, 6) is 2.95. The summed E-state index contributed by atoms with van der Waals surface area (Å²) in [6, 6.07) is 15.4. The lowest BCUT2D eigenvalue weighted by Gasteiger charge is -2.07. The molecule has 0 saturated carbocycles. The molecule has 0 fully saturated rings. The molecule has 2 aromatic carbocycles. The van der Waals surface area contributed by atoms with Gasteiger partial charge in [-0.2, -0.15) is 0 Å². The van der Waals surface area contributed by atoms with Crippen molar-refractivity contribution in [2.75, 3.05) is 6.54 Å². The normalized spacial score (nSPS) is 10.1. The average Bonchev–Trinajstić information content (AvgIpc) is 2.46. The van der Waals surface area contributed by atoms with Gasteiger partial charge in [-0.25, -0.2) is 0 Å². The largest absolute Gasteiger partial charge is 0.508 e. The van der Waals surface area contributed by atoms with E-state index in [-0.39, 0.29) is 0 Å². The summed E-state index contributed by atoms with van der Waals surface area (Å²) in [4.78, 5) is 0. The average molecular weight is 251 g/mol. The predicted molar refractivity (Wildman–Crippen MR) is 77.9 cm³/mol. The van der Waals surface area contributed by atoms with Crippen LogP contribution < -0.4 is 5.32 Å². The highest BCUT2D eigenvalue weighted by Crippen LogP contribution is 2.14. The van der Waals surface area contributed by atoms with Crippen LogP contribution in [0.25, 0.3) is 0 Å². The van der Waals surface area contributed by atoms with E-state index in [2.05, 4.69) is 23.4 Å². The van der Waals surface area contributed by atoms with Gasteiger partial charge in [0, 0.05) is 17.7 Å². The predicted octanol–water partition coefficient (Wildman–Crippen LogP) is 2.71. The first-order valence-corrected chi connectivity index (χ1v) is 6.33. The molecule has 0 amide bonds. The van der Waals surface area contributed by atoms with Gasteiger partial charge in [0.15, 0.2) is 0 Å². The zero-order valence-corrected chi connectivity index (χ0v) is 10.8. The van der Waals surface area contributed by atoms with Gasteiger partial charge in [0.05, 0.1) is 0 Å². The molecule has 0 aliphatic rings. The third kappa shape index (κ3) is 3.87. The van der Waals surface area contributed by atoms with Crippen molar-refractivity contribution >= 4 is 0 Å². The van der Waals surface area contributed by atoms with Gasteiger partial charge in [-0.1, -0.05) is 36.3 Å². The highest BCUT2D eigenvalue weighted by Gasteiger charge is 1.98. The van der Waals surface area contributed by atoms with Crippen molar-refractivity contribution in [1.82, 2.24) is 5.32 Å². The van der Waals surface area contributed by atoms with Crippen LogP contribution in [0.3, 0.4) is 0 Å². The van der Waals surface area contributed by atoms with Crippen LogP contribution in [0.1, 0.15) is 16.7 Å². The van der Waals surface area contributed by atoms with Crippen molar-refractivity contribution < 1.29 is 5.11 Å². The fourth-order valence-electron chi connectivity index (χ4n) is 1.88. The third-order valence-corrected chi connectivity index (χ3v) is 3.02. The molecule has 19 heavy (non-hydrogen) atoms. The van der Waals surface area contributed by atoms with Crippen LogP contribution in [0.2, 0.25) is 0 Å². The Balaban J connectivity index is 1.78. The number of hydrogen-bond donors (Lipinski definition) is 2. The summed E-state index contributed by atoms with van der Waals surface area (Å²) < 4.78 is 0.